The summed E-state index contributed by atoms with van der Waals surface area (Å²) in [4.78, 5) is 21.4. The van der Waals surface area contributed by atoms with Gasteiger partial charge in [-0.3, -0.25) is 25.8 Å². The lowest BCUT2D eigenvalue weighted by Crippen LogP contribution is -2.32. The van der Waals surface area contributed by atoms with E-state index in [0.717, 1.165) is 0 Å². The zero-order valence-electron chi connectivity index (χ0n) is 4.52. The third-order valence-electron chi connectivity index (χ3n) is 1.60. The largest absolute Gasteiger partial charge is 0.291 e. The van der Waals surface area contributed by atoms with E-state index in [9.17, 15) is 9.59 Å². The molecule has 9 heavy (non-hydrogen) atoms. The first kappa shape index (κ1) is 4.75. The molecule has 2 amide bonds. The van der Waals surface area contributed by atoms with Gasteiger partial charge in [0.15, 0.2) is 5.54 Å². The Bertz CT molecular complexity index is 178. The van der Waals surface area contributed by atoms with E-state index < -0.39 is 5.54 Å². The average Bonchev–Trinajstić information content (AvgIpc) is 2.56. The van der Waals surface area contributed by atoms with Gasteiger partial charge in [-0.1, -0.05) is 0 Å². The van der Waals surface area contributed by atoms with E-state index in [0.29, 0.717) is 6.54 Å². The molecule has 0 aromatic heterocycles. The van der Waals surface area contributed by atoms with Gasteiger partial charge < -0.3 is 0 Å². The second-order valence-electron chi connectivity index (χ2n) is 2.17. The summed E-state index contributed by atoms with van der Waals surface area (Å²) >= 11 is 0. The van der Waals surface area contributed by atoms with Gasteiger partial charge in [0.05, 0.1) is 0 Å². The molecular weight excluding hydrogens is 122 g/mol. The molecule has 5 heteroatoms. The number of hydrogen-bond acceptors (Lipinski definition) is 3. The van der Waals surface area contributed by atoms with Gasteiger partial charge in [0.1, 0.15) is 0 Å². The van der Waals surface area contributed by atoms with Crippen LogP contribution in [0, 0.1) is 0 Å². The van der Waals surface area contributed by atoms with Gasteiger partial charge in [-0.05, 0) is 0 Å². The van der Waals surface area contributed by atoms with Crippen molar-refractivity contribution in [3.05, 3.63) is 0 Å². The lowest BCUT2D eigenvalue weighted by atomic mass is 10.1. The Labute approximate surface area is 50.8 Å². The van der Waals surface area contributed by atoms with Crippen molar-refractivity contribution in [3.8, 4) is 0 Å². The monoisotopic (exact) mass is 127 g/mol. The predicted molar refractivity (Wildman–Crippen MR) is 27.0 cm³/mol. The first-order chi connectivity index (χ1) is 4.26. The highest BCUT2D eigenvalue weighted by Gasteiger charge is 2.60. The van der Waals surface area contributed by atoms with Crippen LogP contribution in [0.1, 0.15) is 0 Å². The van der Waals surface area contributed by atoms with Crippen molar-refractivity contribution < 1.29 is 9.59 Å². The van der Waals surface area contributed by atoms with Gasteiger partial charge in [-0.25, -0.2) is 0 Å². The fourth-order valence-electron chi connectivity index (χ4n) is 0.840. The molecule has 2 fully saturated rings. The zero-order chi connectivity index (χ0) is 6.48. The molecule has 0 aliphatic carbocycles. The Morgan fingerprint density at radius 3 is 1.89 bits per heavy atom. The van der Waals surface area contributed by atoms with Gasteiger partial charge in [0.2, 0.25) is 0 Å². The fourth-order valence-corrected chi connectivity index (χ4v) is 0.840. The van der Waals surface area contributed by atoms with E-state index in [1.165, 1.54) is 0 Å². The number of nitrogens with one attached hydrogen (secondary N) is 3. The Morgan fingerprint density at radius 2 is 1.67 bits per heavy atom. The quantitative estimate of drug-likeness (QED) is 0.248. The molecule has 0 bridgehead atoms. The first-order valence-corrected chi connectivity index (χ1v) is 2.62. The van der Waals surface area contributed by atoms with E-state index >= 15 is 0 Å². The maximum absolute atomic E-state index is 10.7. The SMILES string of the molecule is O=C1NNC(=O)C12CN2. The summed E-state index contributed by atoms with van der Waals surface area (Å²) in [5, 5.41) is 2.69. The molecule has 48 valence electrons. The van der Waals surface area contributed by atoms with Crippen LogP contribution in [-0.2, 0) is 9.59 Å². The normalized spacial score (nSPS) is 28.0. The van der Waals surface area contributed by atoms with Crippen molar-refractivity contribution in [3.63, 3.8) is 0 Å². The van der Waals surface area contributed by atoms with Gasteiger partial charge in [0, 0.05) is 6.54 Å². The fraction of sp³-hybridized carbons (Fsp3) is 0.500. The van der Waals surface area contributed by atoms with Crippen molar-refractivity contribution in [2.75, 3.05) is 6.54 Å². The molecule has 0 atom stereocenters. The van der Waals surface area contributed by atoms with Crippen LogP contribution in [0.4, 0.5) is 0 Å². The van der Waals surface area contributed by atoms with E-state index in [1.54, 1.807) is 0 Å². The number of carbonyl (C=O) groups is 2. The number of hydrogen-bond donors (Lipinski definition) is 3. The molecule has 2 rings (SSSR count). The lowest BCUT2D eigenvalue weighted by Gasteiger charge is -1.89. The lowest BCUT2D eigenvalue weighted by molar-refractivity contribution is -0.125. The van der Waals surface area contributed by atoms with Crippen molar-refractivity contribution in [2.45, 2.75) is 5.54 Å². The summed E-state index contributed by atoms with van der Waals surface area (Å²) in [6.45, 7) is 0.463. The molecule has 0 unspecified atom stereocenters. The number of carbonyl (C=O) groups excluding carboxylic acids is 2. The maximum Gasteiger partial charge on any atom is 0.269 e. The Balaban J connectivity index is 2.37. The standard InChI is InChI=1S/C4H5N3O2/c8-2-4(1-5-4)3(9)7-6-2/h5H,1H2,(H,6,8)(H,7,9). The molecule has 0 radical (unpaired) electrons. The molecule has 0 aromatic carbocycles. The minimum absolute atomic E-state index is 0.271. The van der Waals surface area contributed by atoms with Crippen LogP contribution in [0.2, 0.25) is 0 Å². The summed E-state index contributed by atoms with van der Waals surface area (Å²) in [6.07, 6.45) is 0. The van der Waals surface area contributed by atoms with E-state index in [2.05, 4.69) is 16.2 Å². The molecule has 1 spiro atoms. The van der Waals surface area contributed by atoms with E-state index in [4.69, 9.17) is 0 Å². The molecule has 0 aromatic rings. The van der Waals surface area contributed by atoms with Crippen LogP contribution in [0.15, 0.2) is 0 Å². The van der Waals surface area contributed by atoms with Crippen molar-refractivity contribution in [1.29, 1.82) is 0 Å². The van der Waals surface area contributed by atoms with Crippen molar-refractivity contribution >= 4 is 11.8 Å². The molecule has 2 aliphatic rings. The number of amides is 2. The predicted octanol–water partition coefficient (Wildman–Crippen LogP) is -2.51. The minimum atomic E-state index is -0.889. The van der Waals surface area contributed by atoms with Crippen LogP contribution in [0.25, 0.3) is 0 Å². The van der Waals surface area contributed by atoms with Gasteiger partial charge in [0.25, 0.3) is 11.8 Å². The molecule has 0 saturated carbocycles. The summed E-state index contributed by atoms with van der Waals surface area (Å²) in [5.41, 5.74) is 3.55. The van der Waals surface area contributed by atoms with Gasteiger partial charge in [-0.2, -0.15) is 0 Å². The molecule has 2 saturated heterocycles. The molecular formula is C4H5N3O2. The second kappa shape index (κ2) is 1.08. The number of rotatable bonds is 0. The van der Waals surface area contributed by atoms with Crippen LogP contribution in [0.3, 0.4) is 0 Å². The Morgan fingerprint density at radius 1 is 1.22 bits per heavy atom. The highest BCUT2D eigenvalue weighted by molar-refractivity contribution is 6.17. The van der Waals surface area contributed by atoms with Crippen molar-refractivity contribution in [1.82, 2.24) is 16.2 Å². The molecule has 2 aliphatic heterocycles. The minimum Gasteiger partial charge on any atom is -0.291 e. The Hall–Kier alpha value is -1.10. The maximum atomic E-state index is 10.7. The van der Waals surface area contributed by atoms with Gasteiger partial charge in [-0.15, -0.1) is 0 Å². The van der Waals surface area contributed by atoms with Crippen molar-refractivity contribution in [2.24, 2.45) is 0 Å². The molecule has 5 nitrogen and oxygen atoms in total. The third-order valence-corrected chi connectivity index (χ3v) is 1.60. The second-order valence-corrected chi connectivity index (χ2v) is 2.17. The number of hydrazine groups is 1. The summed E-state index contributed by atoms with van der Waals surface area (Å²) in [5.74, 6) is -0.542. The van der Waals surface area contributed by atoms with Gasteiger partial charge >= 0.3 is 0 Å². The zero-order valence-corrected chi connectivity index (χ0v) is 4.52. The summed E-state index contributed by atoms with van der Waals surface area (Å²) in [6, 6.07) is 0. The highest BCUT2D eigenvalue weighted by atomic mass is 16.2. The topological polar surface area (TPSA) is 80.1 Å². The van der Waals surface area contributed by atoms with Crippen LogP contribution in [0.5, 0.6) is 0 Å². The van der Waals surface area contributed by atoms with E-state index in [1.807, 2.05) is 0 Å². The van der Waals surface area contributed by atoms with Crippen LogP contribution in [-0.4, -0.2) is 23.9 Å². The van der Waals surface area contributed by atoms with Crippen LogP contribution < -0.4 is 16.2 Å². The molecule has 2 heterocycles. The molecule has 3 N–H and O–H groups in total. The smallest absolute Gasteiger partial charge is 0.269 e. The summed E-state index contributed by atoms with van der Waals surface area (Å²) in [7, 11) is 0. The van der Waals surface area contributed by atoms with Crippen LogP contribution >= 0.6 is 0 Å². The Kier molecular flexibility index (Phi) is 0.571. The first-order valence-electron chi connectivity index (χ1n) is 2.62. The third kappa shape index (κ3) is 0.379. The van der Waals surface area contributed by atoms with E-state index in [-0.39, 0.29) is 11.8 Å². The average molecular weight is 127 g/mol. The summed E-state index contributed by atoms with van der Waals surface area (Å²) < 4.78 is 0. The highest BCUT2D eigenvalue weighted by Crippen LogP contribution is 2.19.